The van der Waals surface area contributed by atoms with E-state index in [1.807, 2.05) is 84.9 Å². The van der Waals surface area contributed by atoms with Crippen LogP contribution in [0, 0.1) is 0 Å². The predicted molar refractivity (Wildman–Crippen MR) is 212 cm³/mol. The minimum absolute atomic E-state index is 0.462. The maximum absolute atomic E-state index is 6.66. The lowest BCUT2D eigenvalue weighted by Gasteiger charge is -2.14. The molecule has 1 aromatic heterocycles. The molecule has 0 saturated carbocycles. The molecule has 0 fully saturated rings. The third-order valence-electron chi connectivity index (χ3n) is 8.72. The van der Waals surface area contributed by atoms with Crippen LogP contribution in [0.5, 0.6) is 0 Å². The zero-order chi connectivity index (χ0) is 34.3. The van der Waals surface area contributed by atoms with Crippen molar-refractivity contribution in [2.24, 2.45) is 16.5 Å². The number of para-hydroxylation sites is 1. The molecule has 0 saturated heterocycles. The van der Waals surface area contributed by atoms with Gasteiger partial charge in [-0.1, -0.05) is 133 Å². The first-order chi connectivity index (χ1) is 24.6. The molecule has 4 nitrogen and oxygen atoms in total. The molecule has 0 aliphatic rings. The minimum atomic E-state index is 0.462. The number of hydrogen-bond donors (Lipinski definition) is 3. The van der Waals surface area contributed by atoms with Gasteiger partial charge in [-0.05, 0) is 75.3 Å². The molecule has 0 aliphatic carbocycles. The highest BCUT2D eigenvalue weighted by Crippen LogP contribution is 2.35. The molecule has 244 valence electrons. The quantitative estimate of drug-likeness (QED) is 0.0899. The Morgan fingerprint density at radius 1 is 0.520 bits per heavy atom. The lowest BCUT2D eigenvalue weighted by atomic mass is 9.94. The summed E-state index contributed by atoms with van der Waals surface area (Å²) in [5.74, 6) is 0.481. The van der Waals surface area contributed by atoms with Crippen LogP contribution in [0.15, 0.2) is 184 Å². The van der Waals surface area contributed by atoms with E-state index in [2.05, 4.69) is 84.9 Å². The number of fused-ring (bicyclic) bond motifs is 3. The topological polar surface area (TPSA) is 77.5 Å². The van der Waals surface area contributed by atoms with Gasteiger partial charge in [0.2, 0.25) is 0 Å². The summed E-state index contributed by atoms with van der Waals surface area (Å²) >= 11 is 4.84. The van der Waals surface area contributed by atoms with Crippen LogP contribution in [0.2, 0.25) is 0 Å². The lowest BCUT2D eigenvalue weighted by Crippen LogP contribution is -2.15. The molecule has 1 heterocycles. The highest BCUT2D eigenvalue weighted by Gasteiger charge is 2.14. The van der Waals surface area contributed by atoms with Gasteiger partial charge in [0, 0.05) is 33.3 Å². The van der Waals surface area contributed by atoms with Gasteiger partial charge in [-0.2, -0.15) is 0 Å². The van der Waals surface area contributed by atoms with Gasteiger partial charge in [0.1, 0.15) is 17.0 Å². The van der Waals surface area contributed by atoms with E-state index < -0.39 is 0 Å². The SMILES string of the molecule is NC(=NCc1ccc2oc3ccccc3c2c1)c1cccc(S)c1-c1cccc(-c2cccc(-c3ccccc3)c2)c1.NCc1ccccc1. The lowest BCUT2D eigenvalue weighted by molar-refractivity contribution is 0.669. The largest absolute Gasteiger partial charge is 0.456 e. The second-order valence-corrected chi connectivity index (χ2v) is 12.5. The number of amidine groups is 1. The summed E-state index contributed by atoms with van der Waals surface area (Å²) in [6, 6.07) is 57.9. The van der Waals surface area contributed by atoms with Crippen LogP contribution in [0.4, 0.5) is 0 Å². The monoisotopic (exact) mass is 667 g/mol. The van der Waals surface area contributed by atoms with Gasteiger partial charge in [0.15, 0.2) is 0 Å². The fourth-order valence-corrected chi connectivity index (χ4v) is 6.50. The Morgan fingerprint density at radius 2 is 1.10 bits per heavy atom. The van der Waals surface area contributed by atoms with Crippen molar-refractivity contribution in [3.8, 4) is 33.4 Å². The average molecular weight is 668 g/mol. The van der Waals surface area contributed by atoms with Crippen LogP contribution in [0.1, 0.15) is 16.7 Å². The molecule has 0 aliphatic heterocycles. The van der Waals surface area contributed by atoms with Crippen molar-refractivity contribution in [2.45, 2.75) is 18.0 Å². The van der Waals surface area contributed by atoms with Gasteiger partial charge in [0.25, 0.3) is 0 Å². The molecular formula is C45H37N3OS. The van der Waals surface area contributed by atoms with Crippen LogP contribution in [0.3, 0.4) is 0 Å². The van der Waals surface area contributed by atoms with Crippen LogP contribution >= 0.6 is 12.6 Å². The molecule has 8 aromatic rings. The molecule has 50 heavy (non-hydrogen) atoms. The van der Waals surface area contributed by atoms with E-state index in [0.29, 0.717) is 18.9 Å². The maximum Gasteiger partial charge on any atom is 0.135 e. The van der Waals surface area contributed by atoms with E-state index in [1.54, 1.807) is 0 Å². The molecule has 5 heteroatoms. The highest BCUT2D eigenvalue weighted by atomic mass is 32.1. The summed E-state index contributed by atoms with van der Waals surface area (Å²) in [7, 11) is 0. The van der Waals surface area contributed by atoms with Crippen molar-refractivity contribution in [2.75, 3.05) is 0 Å². The molecule has 0 bridgehead atoms. The third-order valence-corrected chi connectivity index (χ3v) is 9.10. The summed E-state index contributed by atoms with van der Waals surface area (Å²) in [5, 5.41) is 2.19. The van der Waals surface area contributed by atoms with Crippen molar-refractivity contribution in [1.29, 1.82) is 0 Å². The summed E-state index contributed by atoms with van der Waals surface area (Å²) < 4.78 is 5.98. The van der Waals surface area contributed by atoms with E-state index >= 15 is 0 Å². The Labute approximate surface area is 298 Å². The normalized spacial score (nSPS) is 11.4. The Bertz CT molecular complexity index is 2420. The molecule has 0 spiro atoms. The molecule has 4 N–H and O–H groups in total. The number of nitrogens with two attached hydrogens (primary N) is 2. The molecule has 7 aromatic carbocycles. The first-order valence-corrected chi connectivity index (χ1v) is 17.0. The Morgan fingerprint density at radius 3 is 1.82 bits per heavy atom. The van der Waals surface area contributed by atoms with Crippen LogP contribution in [-0.2, 0) is 13.1 Å². The fourth-order valence-electron chi connectivity index (χ4n) is 6.17. The fraction of sp³-hybridized carbons (Fsp3) is 0.0444. The van der Waals surface area contributed by atoms with E-state index in [1.165, 1.54) is 16.7 Å². The van der Waals surface area contributed by atoms with Gasteiger partial charge in [0.05, 0.1) is 6.54 Å². The Kier molecular flexibility index (Phi) is 9.88. The van der Waals surface area contributed by atoms with Gasteiger partial charge < -0.3 is 15.9 Å². The molecule has 0 unspecified atom stereocenters. The minimum Gasteiger partial charge on any atom is -0.456 e. The summed E-state index contributed by atoms with van der Waals surface area (Å²) in [6.07, 6.45) is 0. The predicted octanol–water partition coefficient (Wildman–Crippen LogP) is 10.9. The van der Waals surface area contributed by atoms with E-state index in [-0.39, 0.29) is 0 Å². The molecule has 8 rings (SSSR count). The number of thiol groups is 1. The number of benzene rings is 7. The number of hydrogen-bond acceptors (Lipinski definition) is 4. The maximum atomic E-state index is 6.66. The van der Waals surface area contributed by atoms with Crippen molar-refractivity contribution < 1.29 is 4.42 Å². The van der Waals surface area contributed by atoms with Crippen molar-refractivity contribution in [1.82, 2.24) is 0 Å². The average Bonchev–Trinajstić information content (AvgIpc) is 3.56. The summed E-state index contributed by atoms with van der Waals surface area (Å²) in [4.78, 5) is 5.67. The number of aliphatic imine (C=N–C) groups is 1. The second kappa shape index (κ2) is 15.1. The van der Waals surface area contributed by atoms with Gasteiger partial charge in [-0.3, -0.25) is 4.99 Å². The van der Waals surface area contributed by atoms with Crippen LogP contribution in [-0.4, -0.2) is 5.84 Å². The first kappa shape index (κ1) is 32.7. The zero-order valence-electron chi connectivity index (χ0n) is 27.5. The smallest absolute Gasteiger partial charge is 0.135 e. The van der Waals surface area contributed by atoms with Crippen molar-refractivity contribution >= 4 is 40.4 Å². The summed E-state index contributed by atoms with van der Waals surface area (Å²) in [6.45, 7) is 1.10. The third kappa shape index (κ3) is 7.25. The van der Waals surface area contributed by atoms with Gasteiger partial charge >= 0.3 is 0 Å². The molecular weight excluding hydrogens is 631 g/mol. The highest BCUT2D eigenvalue weighted by molar-refractivity contribution is 7.80. The second-order valence-electron chi connectivity index (χ2n) is 12.0. The molecule has 0 radical (unpaired) electrons. The molecule has 0 amide bonds. The van der Waals surface area contributed by atoms with Crippen LogP contribution in [0.25, 0.3) is 55.3 Å². The first-order valence-electron chi connectivity index (χ1n) is 16.6. The Hall–Kier alpha value is -5.88. The summed E-state index contributed by atoms with van der Waals surface area (Å²) in [5.41, 5.74) is 23.6. The van der Waals surface area contributed by atoms with Crippen molar-refractivity contribution in [3.05, 3.63) is 187 Å². The van der Waals surface area contributed by atoms with E-state index in [9.17, 15) is 0 Å². The van der Waals surface area contributed by atoms with Gasteiger partial charge in [-0.25, -0.2) is 0 Å². The number of nitrogens with zero attached hydrogens (tertiary/aromatic N) is 1. The zero-order valence-corrected chi connectivity index (χ0v) is 28.4. The van der Waals surface area contributed by atoms with Crippen molar-refractivity contribution in [3.63, 3.8) is 0 Å². The van der Waals surface area contributed by atoms with E-state index in [4.69, 9.17) is 33.5 Å². The van der Waals surface area contributed by atoms with Gasteiger partial charge in [-0.15, -0.1) is 12.6 Å². The van der Waals surface area contributed by atoms with Crippen LogP contribution < -0.4 is 11.5 Å². The molecule has 0 atom stereocenters. The standard InChI is InChI=1S/C38H28N2OS.C7H9N/c39-38(40-24-25-19-20-35-33(21-25)31-15-4-5-17-34(31)41-35)32-16-8-18-36(42)37(32)30-14-7-13-29(23-30)28-12-6-11-27(22-28)26-9-2-1-3-10-26;8-6-7-4-2-1-3-5-7/h1-23,42H,24H2,(H2,39,40);1-5H,6,8H2. The van der Waals surface area contributed by atoms with E-state index in [0.717, 1.165) is 60.2 Å². The Balaban J connectivity index is 0.000000433. The number of rotatable bonds is 7. The number of furan rings is 1.